The second-order valence-electron chi connectivity index (χ2n) is 4.89. The molecule has 0 fully saturated rings. The summed E-state index contributed by atoms with van der Waals surface area (Å²) < 4.78 is 0. The number of carbonyl (C=O) groups is 1. The van der Waals surface area contributed by atoms with Crippen molar-refractivity contribution in [3.05, 3.63) is 71.8 Å². The molecular weight excluding hydrogens is 294 g/mol. The molecule has 0 radical (unpaired) electrons. The Morgan fingerprint density at radius 3 is 2.09 bits per heavy atom. The average Bonchev–Trinajstić information content (AvgIpc) is 2.55. The molecule has 22 heavy (non-hydrogen) atoms. The van der Waals surface area contributed by atoms with Crippen molar-refractivity contribution < 1.29 is 4.79 Å². The first-order valence-electron chi connectivity index (χ1n) is 6.75. The Morgan fingerprint density at radius 1 is 1.00 bits per heavy atom. The molecule has 108 valence electrons. The van der Waals surface area contributed by atoms with Crippen LogP contribution in [0.5, 0.6) is 0 Å². The molecule has 2 aromatic heterocycles. The number of aromatic nitrogens is 2. The first kappa shape index (κ1) is 14.3. The number of hydrogen-bond acceptors (Lipinski definition) is 4. The van der Waals surface area contributed by atoms with E-state index in [0.29, 0.717) is 16.9 Å². The van der Waals surface area contributed by atoms with E-state index in [4.69, 9.17) is 18.0 Å². The van der Waals surface area contributed by atoms with Crippen LogP contribution in [0.2, 0.25) is 0 Å². The SMILES string of the molecule is NC(=O)C1=C(c2ccncc2)C(=S)CC(c2ccncc2)=C1. The van der Waals surface area contributed by atoms with Gasteiger partial charge in [0, 0.05) is 47.2 Å². The van der Waals surface area contributed by atoms with Crippen LogP contribution < -0.4 is 5.73 Å². The summed E-state index contributed by atoms with van der Waals surface area (Å²) in [6.07, 6.45) is 9.19. The lowest BCUT2D eigenvalue weighted by Gasteiger charge is -2.20. The Hall–Kier alpha value is -2.66. The summed E-state index contributed by atoms with van der Waals surface area (Å²) in [7, 11) is 0. The number of carbonyl (C=O) groups excluding carboxylic acids is 1. The van der Waals surface area contributed by atoms with Gasteiger partial charge in [0.05, 0.1) is 0 Å². The van der Waals surface area contributed by atoms with E-state index in [1.54, 1.807) is 24.8 Å². The molecule has 1 aliphatic carbocycles. The van der Waals surface area contributed by atoms with Crippen molar-refractivity contribution in [3.8, 4) is 0 Å². The molecule has 0 atom stereocenters. The van der Waals surface area contributed by atoms with Crippen molar-refractivity contribution >= 4 is 34.1 Å². The van der Waals surface area contributed by atoms with E-state index in [9.17, 15) is 4.79 Å². The summed E-state index contributed by atoms with van der Waals surface area (Å²) in [6.45, 7) is 0. The molecule has 2 heterocycles. The van der Waals surface area contributed by atoms with Crippen molar-refractivity contribution in [1.29, 1.82) is 0 Å². The van der Waals surface area contributed by atoms with Gasteiger partial charge in [-0.3, -0.25) is 14.8 Å². The lowest BCUT2D eigenvalue weighted by atomic mass is 9.85. The van der Waals surface area contributed by atoms with Crippen LogP contribution in [0.3, 0.4) is 0 Å². The third-order valence-corrected chi connectivity index (χ3v) is 3.85. The van der Waals surface area contributed by atoms with Crippen LogP contribution in [0.1, 0.15) is 17.5 Å². The lowest BCUT2D eigenvalue weighted by molar-refractivity contribution is -0.114. The number of nitrogens with zero attached hydrogens (tertiary/aromatic N) is 2. The van der Waals surface area contributed by atoms with Crippen molar-refractivity contribution in [3.63, 3.8) is 0 Å². The third-order valence-electron chi connectivity index (χ3n) is 3.50. The smallest absolute Gasteiger partial charge is 0.249 e. The molecule has 0 unspecified atom stereocenters. The molecule has 1 aliphatic rings. The molecule has 3 rings (SSSR count). The summed E-state index contributed by atoms with van der Waals surface area (Å²) in [6, 6.07) is 7.45. The van der Waals surface area contributed by atoms with E-state index in [1.807, 2.05) is 30.3 Å². The van der Waals surface area contributed by atoms with Gasteiger partial charge in [0.2, 0.25) is 5.91 Å². The van der Waals surface area contributed by atoms with Crippen LogP contribution in [0.4, 0.5) is 0 Å². The quantitative estimate of drug-likeness (QED) is 0.885. The Balaban J connectivity index is 2.16. The minimum absolute atomic E-state index is 0.439. The highest BCUT2D eigenvalue weighted by Gasteiger charge is 2.23. The van der Waals surface area contributed by atoms with Gasteiger partial charge in [-0.05, 0) is 47.0 Å². The molecule has 0 saturated carbocycles. The molecular formula is C17H13N3OS. The molecule has 1 amide bonds. The first-order valence-corrected chi connectivity index (χ1v) is 7.16. The molecule has 2 N–H and O–H groups in total. The van der Waals surface area contributed by atoms with E-state index in [1.165, 1.54) is 0 Å². The van der Waals surface area contributed by atoms with Gasteiger partial charge in [-0.1, -0.05) is 12.2 Å². The number of amides is 1. The molecule has 0 bridgehead atoms. The fourth-order valence-electron chi connectivity index (χ4n) is 2.49. The number of nitrogens with two attached hydrogens (primary N) is 1. The predicted octanol–water partition coefficient (Wildman–Crippen LogP) is 2.57. The zero-order valence-corrected chi connectivity index (χ0v) is 12.5. The minimum Gasteiger partial charge on any atom is -0.366 e. The molecule has 0 spiro atoms. The highest BCUT2D eigenvalue weighted by Crippen LogP contribution is 2.33. The van der Waals surface area contributed by atoms with Gasteiger partial charge in [-0.15, -0.1) is 0 Å². The van der Waals surface area contributed by atoms with Gasteiger partial charge in [0.25, 0.3) is 0 Å². The van der Waals surface area contributed by atoms with Crippen LogP contribution >= 0.6 is 12.2 Å². The second kappa shape index (κ2) is 5.99. The van der Waals surface area contributed by atoms with E-state index in [2.05, 4.69) is 9.97 Å². The first-order chi connectivity index (χ1) is 10.7. The predicted molar refractivity (Wildman–Crippen MR) is 89.8 cm³/mol. The van der Waals surface area contributed by atoms with Crippen molar-refractivity contribution in [2.24, 2.45) is 5.73 Å². The number of thiocarbonyl (C=S) groups is 1. The third kappa shape index (κ3) is 2.71. The summed E-state index contributed by atoms with van der Waals surface area (Å²) in [4.78, 5) is 20.6. The van der Waals surface area contributed by atoms with Crippen LogP contribution in [0, 0.1) is 0 Å². The van der Waals surface area contributed by atoms with Gasteiger partial charge in [-0.25, -0.2) is 0 Å². The maximum atomic E-state index is 11.9. The highest BCUT2D eigenvalue weighted by atomic mass is 32.1. The number of rotatable bonds is 3. The van der Waals surface area contributed by atoms with Crippen LogP contribution in [-0.4, -0.2) is 20.7 Å². The molecule has 0 aromatic carbocycles. The largest absolute Gasteiger partial charge is 0.366 e. The van der Waals surface area contributed by atoms with Crippen LogP contribution in [-0.2, 0) is 4.79 Å². The van der Waals surface area contributed by atoms with Crippen LogP contribution in [0.25, 0.3) is 11.1 Å². The number of primary amides is 1. The van der Waals surface area contributed by atoms with E-state index in [0.717, 1.165) is 22.3 Å². The highest BCUT2D eigenvalue weighted by molar-refractivity contribution is 7.81. The van der Waals surface area contributed by atoms with Crippen molar-refractivity contribution in [1.82, 2.24) is 9.97 Å². The Kier molecular flexibility index (Phi) is 3.89. The average molecular weight is 307 g/mol. The normalized spacial score (nSPS) is 14.7. The fourth-order valence-corrected chi connectivity index (χ4v) is 2.87. The Bertz CT molecular complexity index is 795. The minimum atomic E-state index is -0.486. The van der Waals surface area contributed by atoms with Gasteiger partial charge in [-0.2, -0.15) is 0 Å². The van der Waals surface area contributed by atoms with Gasteiger partial charge in [0.15, 0.2) is 0 Å². The molecule has 0 aliphatic heterocycles. The maximum absolute atomic E-state index is 11.9. The van der Waals surface area contributed by atoms with Gasteiger partial charge >= 0.3 is 0 Å². The summed E-state index contributed by atoms with van der Waals surface area (Å²) in [5, 5.41) is 0. The molecule has 5 heteroatoms. The maximum Gasteiger partial charge on any atom is 0.249 e. The number of allylic oxidation sites excluding steroid dienone is 2. The standard InChI is InChI=1S/C17H13N3OS/c18-17(21)14-9-13(11-1-5-19-6-2-11)10-15(22)16(14)12-3-7-20-8-4-12/h1-9H,10H2,(H2,18,21). The number of hydrogen-bond donors (Lipinski definition) is 1. The molecule has 4 nitrogen and oxygen atoms in total. The van der Waals surface area contributed by atoms with Gasteiger partial charge < -0.3 is 5.73 Å². The molecule has 0 saturated heterocycles. The summed E-state index contributed by atoms with van der Waals surface area (Å²) in [5.74, 6) is -0.486. The zero-order valence-electron chi connectivity index (χ0n) is 11.7. The Morgan fingerprint density at radius 2 is 1.55 bits per heavy atom. The van der Waals surface area contributed by atoms with Crippen molar-refractivity contribution in [2.45, 2.75) is 6.42 Å². The Labute approximate surface area is 133 Å². The van der Waals surface area contributed by atoms with Crippen LogP contribution in [0.15, 0.2) is 60.7 Å². The summed E-state index contributed by atoms with van der Waals surface area (Å²) >= 11 is 5.54. The van der Waals surface area contributed by atoms with Crippen molar-refractivity contribution in [2.75, 3.05) is 0 Å². The lowest BCUT2D eigenvalue weighted by Crippen LogP contribution is -2.20. The molecule has 2 aromatic rings. The topological polar surface area (TPSA) is 68.9 Å². The van der Waals surface area contributed by atoms with E-state index in [-0.39, 0.29) is 0 Å². The van der Waals surface area contributed by atoms with Gasteiger partial charge in [0.1, 0.15) is 0 Å². The fraction of sp³-hybridized carbons (Fsp3) is 0.0588. The summed E-state index contributed by atoms with van der Waals surface area (Å²) in [5.41, 5.74) is 9.55. The zero-order chi connectivity index (χ0) is 15.5. The number of pyridine rings is 2. The van der Waals surface area contributed by atoms with E-state index >= 15 is 0 Å². The van der Waals surface area contributed by atoms with E-state index < -0.39 is 5.91 Å². The monoisotopic (exact) mass is 307 g/mol. The second-order valence-corrected chi connectivity index (χ2v) is 5.39.